The van der Waals surface area contributed by atoms with E-state index in [-0.39, 0.29) is 0 Å². The Hall–Kier alpha value is 0.230. The van der Waals surface area contributed by atoms with Crippen molar-refractivity contribution in [2.75, 3.05) is 19.8 Å². The SMILES string of the molecule is [3H]SONCCCCOCC. The lowest BCUT2D eigenvalue weighted by Crippen LogP contribution is -2.11. The van der Waals surface area contributed by atoms with Gasteiger partial charge in [-0.2, -0.15) is 5.48 Å². The van der Waals surface area contributed by atoms with Gasteiger partial charge in [0.15, 0.2) is 0 Å². The molecule has 62 valence electrons. The Bertz CT molecular complexity index is 69.6. The molecule has 1 N–H and O–H groups in total. The van der Waals surface area contributed by atoms with E-state index in [2.05, 4.69) is 9.76 Å². The monoisotopic (exact) mass is 167 g/mol. The van der Waals surface area contributed by atoms with Crippen molar-refractivity contribution in [3.8, 4) is 0 Å². The Kier molecular flexibility index (Phi) is 7.69. The highest BCUT2D eigenvalue weighted by molar-refractivity contribution is 7.75. The van der Waals surface area contributed by atoms with E-state index in [1.54, 1.807) is 0 Å². The van der Waals surface area contributed by atoms with Crippen molar-refractivity contribution >= 4 is 12.8 Å². The zero-order valence-electron chi connectivity index (χ0n) is 7.26. The Morgan fingerprint density at radius 2 is 2.50 bits per heavy atom. The number of rotatable bonds is 8. The summed E-state index contributed by atoms with van der Waals surface area (Å²) in [4.78, 5) is 0. The molecule has 0 aliphatic carbocycles. The van der Waals surface area contributed by atoms with E-state index in [1.165, 1.54) is 0 Å². The zero-order valence-corrected chi connectivity index (χ0v) is 7.08. The molecule has 0 atom stereocenters. The van der Waals surface area contributed by atoms with Gasteiger partial charge in [-0.3, -0.25) is 0 Å². The van der Waals surface area contributed by atoms with Crippen LogP contribution in [0.2, 0.25) is 0 Å². The van der Waals surface area contributed by atoms with Gasteiger partial charge in [0.1, 0.15) is 1.12 Å². The quantitative estimate of drug-likeness (QED) is 0.246. The van der Waals surface area contributed by atoms with Gasteiger partial charge in [-0.05, 0) is 32.6 Å². The molecule has 0 aliphatic heterocycles. The number of hydrogen-bond donors (Lipinski definition) is 2. The number of thiol groups is 1. The van der Waals surface area contributed by atoms with Crippen LogP contribution in [0.5, 0.6) is 0 Å². The fourth-order valence-corrected chi connectivity index (χ4v) is 0.671. The number of hydrogen-bond acceptors (Lipinski definition) is 4. The molecule has 0 fully saturated rings. The first-order valence-electron chi connectivity index (χ1n) is 3.92. The van der Waals surface area contributed by atoms with E-state index in [0.29, 0.717) is 12.8 Å². The van der Waals surface area contributed by atoms with Gasteiger partial charge in [0, 0.05) is 19.8 Å². The molecule has 3 nitrogen and oxygen atoms in total. The van der Waals surface area contributed by atoms with Crippen LogP contribution in [0, 0.1) is 0 Å². The van der Waals surface area contributed by atoms with Crippen molar-refractivity contribution in [1.29, 1.82) is 1.12 Å². The Morgan fingerprint density at radius 1 is 1.60 bits per heavy atom. The lowest BCUT2D eigenvalue weighted by molar-refractivity contribution is 0.140. The summed E-state index contributed by atoms with van der Waals surface area (Å²) in [5.74, 6) is 0. The summed E-state index contributed by atoms with van der Waals surface area (Å²) in [5.41, 5.74) is 2.63. The summed E-state index contributed by atoms with van der Waals surface area (Å²) in [6.45, 7) is 4.36. The van der Waals surface area contributed by atoms with Crippen molar-refractivity contribution in [2.24, 2.45) is 0 Å². The van der Waals surface area contributed by atoms with E-state index in [9.17, 15) is 0 Å². The number of unbranched alkanes of at least 4 members (excludes halogenated alkanes) is 1. The highest BCUT2D eigenvalue weighted by Gasteiger charge is 1.86. The van der Waals surface area contributed by atoms with Crippen LogP contribution in [0.25, 0.3) is 0 Å². The summed E-state index contributed by atoms with van der Waals surface area (Å²) in [5, 5.41) is 0. The Balaban J connectivity index is 2.69. The van der Waals surface area contributed by atoms with Crippen LogP contribution < -0.4 is 5.48 Å². The first kappa shape index (κ1) is 8.33. The van der Waals surface area contributed by atoms with Crippen molar-refractivity contribution in [2.45, 2.75) is 19.8 Å². The van der Waals surface area contributed by atoms with Gasteiger partial charge in [-0.15, -0.1) is 0 Å². The maximum Gasteiger partial charge on any atom is 0.137 e. The first-order valence-corrected chi connectivity index (χ1v) is 3.84. The molecule has 0 aromatic heterocycles. The molecule has 0 aromatic rings. The summed E-state index contributed by atoms with van der Waals surface area (Å²) in [6.07, 6.45) is 2.05. The lowest BCUT2D eigenvalue weighted by Gasteiger charge is -2.00. The van der Waals surface area contributed by atoms with Crippen LogP contribution in [0.4, 0.5) is 0 Å². The summed E-state index contributed by atoms with van der Waals surface area (Å²) in [7, 11) is 0. The average molecular weight is 167 g/mol. The van der Waals surface area contributed by atoms with Gasteiger partial charge in [0.25, 0.3) is 0 Å². The minimum Gasteiger partial charge on any atom is -0.382 e. The molecule has 0 unspecified atom stereocenters. The van der Waals surface area contributed by atoms with Crippen LogP contribution in [-0.2, 0) is 9.02 Å². The molecular weight excluding hydrogens is 150 g/mol. The zero-order chi connectivity index (χ0) is 8.36. The largest absolute Gasteiger partial charge is 0.382 e. The van der Waals surface area contributed by atoms with Crippen molar-refractivity contribution in [1.82, 2.24) is 5.48 Å². The lowest BCUT2D eigenvalue weighted by atomic mass is 10.3. The van der Waals surface area contributed by atoms with E-state index in [0.717, 1.165) is 32.6 Å². The smallest absolute Gasteiger partial charge is 0.137 e. The molecule has 0 amide bonds. The van der Waals surface area contributed by atoms with Crippen molar-refractivity contribution in [3.63, 3.8) is 0 Å². The van der Waals surface area contributed by atoms with E-state index in [1.807, 2.05) is 6.92 Å². The predicted octanol–water partition coefficient (Wildman–Crippen LogP) is 1.17. The minimum atomic E-state index is 0.578. The summed E-state index contributed by atoms with van der Waals surface area (Å²) < 4.78 is 16.2. The van der Waals surface area contributed by atoms with Gasteiger partial charge in [-0.1, -0.05) is 0 Å². The fraction of sp³-hybridized carbons (Fsp3) is 1.00. The van der Waals surface area contributed by atoms with E-state index < -0.39 is 0 Å². The third kappa shape index (κ3) is 8.23. The Morgan fingerprint density at radius 3 is 3.20 bits per heavy atom. The summed E-state index contributed by atoms with van der Waals surface area (Å²) >= 11 is 0.578. The van der Waals surface area contributed by atoms with Crippen LogP contribution in [-0.4, -0.2) is 20.9 Å². The molecule has 0 bridgehead atoms. The third-order valence-electron chi connectivity index (χ3n) is 1.08. The molecule has 4 heteroatoms. The minimum absolute atomic E-state index is 0.578. The normalized spacial score (nSPS) is 11.5. The second-order valence-corrected chi connectivity index (χ2v) is 2.05. The molecule has 0 radical (unpaired) electrons. The molecule has 0 rings (SSSR count). The van der Waals surface area contributed by atoms with Gasteiger partial charge in [0.05, 0.1) is 0 Å². The van der Waals surface area contributed by atoms with Gasteiger partial charge >= 0.3 is 0 Å². The highest BCUT2D eigenvalue weighted by Crippen LogP contribution is 1.88. The maximum atomic E-state index is 6.56. The predicted molar refractivity (Wildman–Crippen MR) is 43.8 cm³/mol. The average Bonchev–Trinajstić information content (AvgIpc) is 2.03. The molecule has 0 heterocycles. The van der Waals surface area contributed by atoms with Gasteiger partial charge < -0.3 is 4.74 Å². The second kappa shape index (κ2) is 9.23. The summed E-state index contributed by atoms with van der Waals surface area (Å²) in [6, 6.07) is 0. The molecule has 0 saturated carbocycles. The van der Waals surface area contributed by atoms with Gasteiger partial charge in [0.2, 0.25) is 0 Å². The Labute approximate surface area is 68.7 Å². The van der Waals surface area contributed by atoms with Crippen molar-refractivity contribution in [3.05, 3.63) is 0 Å². The molecule has 0 saturated heterocycles. The fourth-order valence-electron chi connectivity index (χ4n) is 0.587. The second-order valence-electron chi connectivity index (χ2n) is 1.88. The highest BCUT2D eigenvalue weighted by atomic mass is 32.1. The topological polar surface area (TPSA) is 30.5 Å². The molecular formula is C6H15NO2S. The van der Waals surface area contributed by atoms with E-state index >= 15 is 0 Å². The van der Waals surface area contributed by atoms with Crippen LogP contribution in [0.3, 0.4) is 0 Å². The van der Waals surface area contributed by atoms with Crippen molar-refractivity contribution < 1.29 is 9.02 Å². The van der Waals surface area contributed by atoms with Crippen LogP contribution in [0.15, 0.2) is 0 Å². The standard InChI is InChI=1S/C6H15NO2S/c1-2-8-6-4-3-5-7-9-10/h7,10H,2-6H2,1H3/i/hT. The van der Waals surface area contributed by atoms with Crippen LogP contribution in [0.1, 0.15) is 19.8 Å². The molecule has 0 aliphatic rings. The molecule has 0 aromatic carbocycles. The molecule has 0 spiro atoms. The molecule has 10 heavy (non-hydrogen) atoms. The third-order valence-corrected chi connectivity index (χ3v) is 1.20. The first-order chi connectivity index (χ1) is 5.41. The number of nitrogens with one attached hydrogen (secondary N) is 1. The number of ether oxygens (including phenoxy) is 1. The van der Waals surface area contributed by atoms with Gasteiger partial charge in [-0.25, -0.2) is 4.28 Å². The van der Waals surface area contributed by atoms with Crippen LogP contribution >= 0.6 is 12.8 Å². The van der Waals surface area contributed by atoms with E-state index in [4.69, 9.17) is 5.86 Å². The maximum absolute atomic E-state index is 6.56. The number of hydroxylamine groups is 1.